The molecule has 0 aliphatic carbocycles. The van der Waals surface area contributed by atoms with Crippen LogP contribution in [0, 0.1) is 6.92 Å². The highest BCUT2D eigenvalue weighted by atomic mass is 32.1. The lowest BCUT2D eigenvalue weighted by Gasteiger charge is -2.33. The van der Waals surface area contributed by atoms with E-state index in [1.54, 1.807) is 18.4 Å². The molecule has 8 nitrogen and oxygen atoms in total. The molecular weight excluding hydrogens is 462 g/mol. The average Bonchev–Trinajstić information content (AvgIpc) is 3.54. The van der Waals surface area contributed by atoms with E-state index in [1.165, 1.54) is 5.56 Å². The molecule has 0 radical (unpaired) electrons. The highest BCUT2D eigenvalue weighted by Crippen LogP contribution is 2.25. The summed E-state index contributed by atoms with van der Waals surface area (Å²) in [7, 11) is 1.64. The van der Waals surface area contributed by atoms with Gasteiger partial charge in [-0.25, -0.2) is 4.98 Å². The highest BCUT2D eigenvalue weighted by Gasteiger charge is 2.23. The topological polar surface area (TPSA) is 84.6 Å². The lowest BCUT2D eigenvalue weighted by molar-refractivity contribution is -0.132. The van der Waals surface area contributed by atoms with Crippen LogP contribution in [0.4, 0.5) is 0 Å². The Hall–Kier alpha value is -3.56. The van der Waals surface area contributed by atoms with Crippen molar-refractivity contribution in [3.05, 3.63) is 71.1 Å². The minimum atomic E-state index is 0.116. The monoisotopic (exact) mass is 489 g/mol. The summed E-state index contributed by atoms with van der Waals surface area (Å²) >= 11 is 1.58. The molecule has 0 N–H and O–H groups in total. The van der Waals surface area contributed by atoms with Crippen LogP contribution >= 0.6 is 11.3 Å². The van der Waals surface area contributed by atoms with Crippen molar-refractivity contribution in [2.75, 3.05) is 33.3 Å². The second-order valence-electron chi connectivity index (χ2n) is 8.59. The molecule has 4 aromatic rings. The number of benzene rings is 2. The van der Waals surface area contributed by atoms with Gasteiger partial charge in [0, 0.05) is 42.7 Å². The second kappa shape index (κ2) is 10.4. The van der Waals surface area contributed by atoms with Crippen LogP contribution in [-0.2, 0) is 17.8 Å². The predicted molar refractivity (Wildman–Crippen MR) is 134 cm³/mol. The fourth-order valence-corrected chi connectivity index (χ4v) is 4.91. The number of ether oxygens (including phenoxy) is 1. The van der Waals surface area contributed by atoms with Crippen molar-refractivity contribution >= 4 is 17.2 Å². The van der Waals surface area contributed by atoms with Gasteiger partial charge in [-0.2, -0.15) is 4.98 Å². The number of hydrogen-bond donors (Lipinski definition) is 0. The number of aromatic nitrogens is 3. The van der Waals surface area contributed by atoms with Crippen LogP contribution in [0.5, 0.6) is 5.75 Å². The van der Waals surface area contributed by atoms with Gasteiger partial charge < -0.3 is 14.2 Å². The summed E-state index contributed by atoms with van der Waals surface area (Å²) in [6.07, 6.45) is 0.331. The number of thiazole rings is 1. The smallest absolute Gasteiger partial charge is 0.241 e. The predicted octanol–water partition coefficient (Wildman–Crippen LogP) is 4.06. The van der Waals surface area contributed by atoms with E-state index in [-0.39, 0.29) is 5.91 Å². The third-order valence-electron chi connectivity index (χ3n) is 6.05. The Balaban J connectivity index is 1.12. The first-order chi connectivity index (χ1) is 17.1. The first-order valence-electron chi connectivity index (χ1n) is 11.6. The van der Waals surface area contributed by atoms with Gasteiger partial charge in [0.1, 0.15) is 10.8 Å². The Bertz CT molecular complexity index is 1290. The van der Waals surface area contributed by atoms with Gasteiger partial charge in [0.25, 0.3) is 0 Å². The minimum absolute atomic E-state index is 0.116. The molecule has 1 aliphatic rings. The van der Waals surface area contributed by atoms with Crippen LogP contribution in [0.25, 0.3) is 22.0 Å². The van der Waals surface area contributed by atoms with Crippen molar-refractivity contribution in [2.45, 2.75) is 19.9 Å². The van der Waals surface area contributed by atoms with E-state index in [1.807, 2.05) is 40.6 Å². The lowest BCUT2D eigenvalue weighted by atomic mass is 10.1. The Morgan fingerprint density at radius 2 is 1.86 bits per heavy atom. The summed E-state index contributed by atoms with van der Waals surface area (Å²) in [6, 6.07) is 15.8. The van der Waals surface area contributed by atoms with E-state index in [4.69, 9.17) is 14.2 Å². The number of carbonyl (C=O) groups excluding carboxylic acids is 1. The van der Waals surface area contributed by atoms with Crippen LogP contribution in [0.3, 0.4) is 0 Å². The fraction of sp³-hybridized carbons (Fsp3) is 0.308. The first-order valence-corrected chi connectivity index (χ1v) is 12.4. The molecule has 1 aliphatic heterocycles. The molecule has 5 rings (SSSR count). The van der Waals surface area contributed by atoms with Gasteiger partial charge in [0.2, 0.25) is 17.6 Å². The average molecular weight is 490 g/mol. The zero-order valence-electron chi connectivity index (χ0n) is 19.8. The summed E-state index contributed by atoms with van der Waals surface area (Å²) in [5.41, 5.74) is 4.00. The Labute approximate surface area is 208 Å². The Kier molecular flexibility index (Phi) is 6.87. The molecule has 2 aromatic heterocycles. The maximum atomic E-state index is 12.9. The molecule has 0 unspecified atom stereocenters. The van der Waals surface area contributed by atoms with Crippen molar-refractivity contribution < 1.29 is 14.1 Å². The number of aryl methyl sites for hydroxylation is 1. The molecular formula is C26H27N5O3S. The maximum Gasteiger partial charge on any atom is 0.241 e. The Morgan fingerprint density at radius 1 is 1.06 bits per heavy atom. The van der Waals surface area contributed by atoms with Crippen LogP contribution < -0.4 is 4.74 Å². The molecule has 0 atom stereocenters. The molecule has 35 heavy (non-hydrogen) atoms. The number of nitrogens with zero attached hydrogens (tertiary/aromatic N) is 5. The fourth-order valence-electron chi connectivity index (χ4n) is 4.09. The molecule has 0 spiro atoms. The van der Waals surface area contributed by atoms with E-state index < -0.39 is 0 Å². The van der Waals surface area contributed by atoms with Gasteiger partial charge in [-0.3, -0.25) is 9.69 Å². The summed E-state index contributed by atoms with van der Waals surface area (Å²) in [5, 5.41) is 7.04. The molecule has 1 amide bonds. The molecule has 9 heteroatoms. The summed E-state index contributed by atoms with van der Waals surface area (Å²) in [5.74, 6) is 2.03. The van der Waals surface area contributed by atoms with Crippen molar-refractivity contribution in [3.8, 4) is 27.7 Å². The van der Waals surface area contributed by atoms with E-state index in [2.05, 4.69) is 40.2 Å². The molecule has 0 bridgehead atoms. The summed E-state index contributed by atoms with van der Waals surface area (Å²) in [6.45, 7) is 5.51. The third-order valence-corrected chi connectivity index (χ3v) is 6.99. The van der Waals surface area contributed by atoms with E-state index in [0.717, 1.165) is 40.7 Å². The standard InChI is InChI=1S/C26H27N5O3S/c1-18-4-3-5-20(14-18)26-27-21(17-35-26)15-24(32)31-12-10-30(11-13-31)16-23-28-25(29-34-23)19-6-8-22(33-2)9-7-19/h3-9,14,17H,10-13,15-16H2,1-2H3. The third kappa shape index (κ3) is 5.58. The minimum Gasteiger partial charge on any atom is -0.497 e. The SMILES string of the molecule is COc1ccc(-c2noc(CN3CCN(C(=O)Cc4csc(-c5cccc(C)c5)n4)CC3)n2)cc1. The molecule has 180 valence electrons. The van der Waals surface area contributed by atoms with Crippen molar-refractivity contribution in [1.82, 2.24) is 24.9 Å². The van der Waals surface area contributed by atoms with E-state index >= 15 is 0 Å². The van der Waals surface area contributed by atoms with Gasteiger partial charge in [0.15, 0.2) is 0 Å². The molecule has 1 fully saturated rings. The van der Waals surface area contributed by atoms with Gasteiger partial charge in [-0.15, -0.1) is 11.3 Å². The first kappa shape index (κ1) is 23.2. The number of rotatable bonds is 7. The number of carbonyl (C=O) groups is 1. The van der Waals surface area contributed by atoms with Crippen molar-refractivity contribution in [1.29, 1.82) is 0 Å². The van der Waals surface area contributed by atoms with Crippen LogP contribution in [-0.4, -0.2) is 64.1 Å². The zero-order valence-corrected chi connectivity index (χ0v) is 20.6. The zero-order chi connectivity index (χ0) is 24.2. The Morgan fingerprint density at radius 3 is 2.60 bits per heavy atom. The number of amides is 1. The van der Waals surface area contributed by atoms with Gasteiger partial charge in [-0.05, 0) is 37.3 Å². The van der Waals surface area contributed by atoms with Crippen LogP contribution in [0.2, 0.25) is 0 Å². The molecule has 2 aromatic carbocycles. The van der Waals surface area contributed by atoms with Gasteiger partial charge in [0.05, 0.1) is 25.8 Å². The van der Waals surface area contributed by atoms with Crippen LogP contribution in [0.1, 0.15) is 17.1 Å². The number of methoxy groups -OCH3 is 1. The maximum absolute atomic E-state index is 12.9. The normalized spacial score (nSPS) is 14.3. The number of hydrogen-bond acceptors (Lipinski definition) is 8. The van der Waals surface area contributed by atoms with Crippen molar-refractivity contribution in [3.63, 3.8) is 0 Å². The second-order valence-corrected chi connectivity index (χ2v) is 9.45. The lowest BCUT2D eigenvalue weighted by Crippen LogP contribution is -2.48. The highest BCUT2D eigenvalue weighted by molar-refractivity contribution is 7.13. The summed E-state index contributed by atoms with van der Waals surface area (Å²) < 4.78 is 10.6. The van der Waals surface area contributed by atoms with Crippen molar-refractivity contribution in [2.24, 2.45) is 0 Å². The molecule has 0 saturated carbocycles. The molecule has 1 saturated heterocycles. The number of piperazine rings is 1. The van der Waals surface area contributed by atoms with Gasteiger partial charge >= 0.3 is 0 Å². The quantitative estimate of drug-likeness (QED) is 0.387. The largest absolute Gasteiger partial charge is 0.497 e. The van der Waals surface area contributed by atoms with Gasteiger partial charge in [-0.1, -0.05) is 28.9 Å². The summed E-state index contributed by atoms with van der Waals surface area (Å²) in [4.78, 5) is 26.2. The van der Waals surface area contributed by atoms with E-state index in [9.17, 15) is 4.79 Å². The van der Waals surface area contributed by atoms with Crippen LogP contribution in [0.15, 0.2) is 58.4 Å². The molecule has 3 heterocycles. The van der Waals surface area contributed by atoms with E-state index in [0.29, 0.717) is 37.8 Å².